The molecule has 0 bridgehead atoms. The Labute approximate surface area is 192 Å². The minimum atomic E-state index is -4.37. The van der Waals surface area contributed by atoms with Gasteiger partial charge in [0.05, 0.1) is 24.1 Å². The van der Waals surface area contributed by atoms with Gasteiger partial charge in [-0.05, 0) is 65.6 Å². The Balaban J connectivity index is 1.58. The van der Waals surface area contributed by atoms with E-state index in [1.807, 2.05) is 17.5 Å². The first-order chi connectivity index (χ1) is 15.8. The van der Waals surface area contributed by atoms with E-state index in [2.05, 4.69) is 5.10 Å². The van der Waals surface area contributed by atoms with Crippen molar-refractivity contribution >= 4 is 23.2 Å². The summed E-state index contributed by atoms with van der Waals surface area (Å²) in [6.45, 7) is 0.302. The average Bonchev–Trinajstić information content (AvgIpc) is 3.47. The van der Waals surface area contributed by atoms with Crippen molar-refractivity contribution in [1.82, 2.24) is 9.78 Å². The number of carbonyl (C=O) groups excluding carboxylic acids is 1. The molecule has 0 atom stereocenters. The monoisotopic (exact) mass is 468 g/mol. The fourth-order valence-corrected chi connectivity index (χ4v) is 3.98. The Kier molecular flexibility index (Phi) is 6.46. The molecule has 0 saturated heterocycles. The Morgan fingerprint density at radius 3 is 2.42 bits per heavy atom. The van der Waals surface area contributed by atoms with Crippen molar-refractivity contribution < 1.29 is 22.7 Å². The molecule has 0 saturated carbocycles. The number of ketones is 1. The summed E-state index contributed by atoms with van der Waals surface area (Å²) in [5, 5.41) is 6.55. The number of methoxy groups -OCH3 is 1. The number of alkyl halides is 3. The van der Waals surface area contributed by atoms with Crippen LogP contribution in [-0.4, -0.2) is 22.7 Å². The second-order valence-corrected chi connectivity index (χ2v) is 8.18. The molecule has 0 unspecified atom stereocenters. The molecule has 8 heteroatoms. The Hall–Kier alpha value is -3.65. The molecule has 4 aromatic rings. The van der Waals surface area contributed by atoms with Gasteiger partial charge in [-0.2, -0.15) is 18.3 Å². The van der Waals surface area contributed by atoms with Gasteiger partial charge in [0, 0.05) is 17.3 Å². The van der Waals surface area contributed by atoms with Gasteiger partial charge >= 0.3 is 6.18 Å². The van der Waals surface area contributed by atoms with Gasteiger partial charge in [0.15, 0.2) is 5.78 Å². The molecule has 2 heterocycles. The van der Waals surface area contributed by atoms with Crippen molar-refractivity contribution in [3.63, 3.8) is 0 Å². The first-order valence-electron chi connectivity index (χ1n) is 9.97. The highest BCUT2D eigenvalue weighted by molar-refractivity contribution is 7.13. The van der Waals surface area contributed by atoms with Crippen molar-refractivity contribution in [3.05, 3.63) is 101 Å². The number of nitrogens with zero attached hydrogens (tertiary/aromatic N) is 2. The van der Waals surface area contributed by atoms with E-state index in [0.29, 0.717) is 29.1 Å². The van der Waals surface area contributed by atoms with Crippen molar-refractivity contribution in [2.24, 2.45) is 0 Å². The summed E-state index contributed by atoms with van der Waals surface area (Å²) in [6, 6.07) is 15.7. The van der Waals surface area contributed by atoms with Crippen molar-refractivity contribution in [2.45, 2.75) is 12.7 Å². The summed E-state index contributed by atoms with van der Waals surface area (Å²) in [4.78, 5) is 13.5. The molecular weight excluding hydrogens is 449 g/mol. The van der Waals surface area contributed by atoms with Crippen molar-refractivity contribution in [1.29, 1.82) is 0 Å². The Bertz CT molecular complexity index is 1260. The number of hydrogen-bond acceptors (Lipinski definition) is 4. The number of allylic oxidation sites excluding steroid dienone is 1. The number of rotatable bonds is 7. The van der Waals surface area contributed by atoms with Gasteiger partial charge in [-0.25, -0.2) is 0 Å². The van der Waals surface area contributed by atoms with E-state index in [-0.39, 0.29) is 5.78 Å². The maximum absolute atomic E-state index is 12.8. The van der Waals surface area contributed by atoms with E-state index < -0.39 is 11.7 Å². The quantitative estimate of drug-likeness (QED) is 0.227. The zero-order valence-electron chi connectivity index (χ0n) is 17.5. The van der Waals surface area contributed by atoms with Gasteiger partial charge in [0.1, 0.15) is 11.4 Å². The molecule has 4 nitrogen and oxygen atoms in total. The number of hydrogen-bond donors (Lipinski definition) is 0. The SMILES string of the molecule is COc1ccc(C(=O)C=Cc2cn(Cc3ccc(C(F)(F)F)cc3)nc2-c2cccs2)cc1. The van der Waals surface area contributed by atoms with E-state index >= 15 is 0 Å². The van der Waals surface area contributed by atoms with Crippen molar-refractivity contribution in [3.8, 4) is 16.3 Å². The summed E-state index contributed by atoms with van der Waals surface area (Å²) < 4.78 is 45.2. The second kappa shape index (κ2) is 9.46. The van der Waals surface area contributed by atoms with Crippen LogP contribution >= 0.6 is 11.3 Å². The zero-order chi connectivity index (χ0) is 23.4. The number of benzene rings is 2. The zero-order valence-corrected chi connectivity index (χ0v) is 18.4. The smallest absolute Gasteiger partial charge is 0.416 e. The molecule has 0 aliphatic carbocycles. The molecule has 0 spiro atoms. The van der Waals surface area contributed by atoms with Gasteiger partial charge in [0.25, 0.3) is 0 Å². The lowest BCUT2D eigenvalue weighted by Crippen LogP contribution is -2.05. The second-order valence-electron chi connectivity index (χ2n) is 7.23. The third-order valence-corrected chi connectivity index (χ3v) is 5.84. The molecule has 2 aromatic carbocycles. The fourth-order valence-electron chi connectivity index (χ4n) is 3.25. The topological polar surface area (TPSA) is 44.1 Å². The van der Waals surface area contributed by atoms with Crippen LogP contribution in [0.3, 0.4) is 0 Å². The Morgan fingerprint density at radius 1 is 1.09 bits per heavy atom. The molecule has 33 heavy (non-hydrogen) atoms. The highest BCUT2D eigenvalue weighted by atomic mass is 32.1. The molecular formula is C25H19F3N2O2S. The summed E-state index contributed by atoms with van der Waals surface area (Å²) in [7, 11) is 1.56. The predicted octanol–water partition coefficient (Wildman–Crippen LogP) is 6.58. The standard InChI is InChI=1S/C25H19F3N2O2S/c1-32-21-11-6-18(7-12-21)22(31)13-8-19-16-30(29-24(19)23-3-2-14-33-23)15-17-4-9-20(10-5-17)25(26,27)28/h2-14,16H,15H2,1H3. The van der Waals surface area contributed by atoms with E-state index in [0.717, 1.165) is 22.6 Å². The summed E-state index contributed by atoms with van der Waals surface area (Å²) in [5.41, 5.74) is 1.98. The molecule has 0 aliphatic heterocycles. The minimum absolute atomic E-state index is 0.162. The highest BCUT2D eigenvalue weighted by Crippen LogP contribution is 2.30. The maximum Gasteiger partial charge on any atom is 0.416 e. The largest absolute Gasteiger partial charge is 0.497 e. The molecule has 2 aromatic heterocycles. The van der Waals surface area contributed by atoms with Crippen LogP contribution in [0.2, 0.25) is 0 Å². The fraction of sp³-hybridized carbons (Fsp3) is 0.120. The normalized spacial score (nSPS) is 11.8. The molecule has 0 N–H and O–H groups in total. The van der Waals surface area contributed by atoms with Crippen LogP contribution in [0.4, 0.5) is 13.2 Å². The Morgan fingerprint density at radius 2 is 1.82 bits per heavy atom. The van der Waals surface area contributed by atoms with Crippen LogP contribution < -0.4 is 4.74 Å². The lowest BCUT2D eigenvalue weighted by Gasteiger charge is -2.07. The van der Waals surface area contributed by atoms with Crippen LogP contribution in [0, 0.1) is 0 Å². The van der Waals surface area contributed by atoms with E-state index in [4.69, 9.17) is 4.74 Å². The molecule has 0 radical (unpaired) electrons. The predicted molar refractivity (Wildman–Crippen MR) is 122 cm³/mol. The summed E-state index contributed by atoms with van der Waals surface area (Å²) >= 11 is 1.52. The third-order valence-electron chi connectivity index (χ3n) is 4.96. The molecule has 0 aliphatic rings. The van der Waals surface area contributed by atoms with E-state index in [1.54, 1.807) is 48.3 Å². The lowest BCUT2D eigenvalue weighted by atomic mass is 10.1. The van der Waals surface area contributed by atoms with E-state index in [1.165, 1.54) is 29.5 Å². The first-order valence-corrected chi connectivity index (χ1v) is 10.9. The maximum atomic E-state index is 12.8. The molecule has 168 valence electrons. The molecule has 0 amide bonds. The number of halogens is 3. The average molecular weight is 469 g/mol. The molecule has 4 rings (SSSR count). The summed E-state index contributed by atoms with van der Waals surface area (Å²) in [5.74, 6) is 0.505. The van der Waals surface area contributed by atoms with Crippen LogP contribution in [0.1, 0.15) is 27.0 Å². The first kappa shape index (κ1) is 22.5. The number of carbonyl (C=O) groups is 1. The van der Waals surface area contributed by atoms with Gasteiger partial charge in [-0.3, -0.25) is 9.48 Å². The molecule has 0 fully saturated rings. The lowest BCUT2D eigenvalue weighted by molar-refractivity contribution is -0.137. The van der Waals surface area contributed by atoms with Gasteiger partial charge in [-0.15, -0.1) is 11.3 Å². The number of thiophene rings is 1. The number of aromatic nitrogens is 2. The number of ether oxygens (including phenoxy) is 1. The highest BCUT2D eigenvalue weighted by Gasteiger charge is 2.29. The van der Waals surface area contributed by atoms with Crippen LogP contribution in [-0.2, 0) is 12.7 Å². The van der Waals surface area contributed by atoms with Gasteiger partial charge < -0.3 is 4.74 Å². The van der Waals surface area contributed by atoms with Gasteiger partial charge in [0.2, 0.25) is 0 Å². The van der Waals surface area contributed by atoms with Crippen LogP contribution in [0.5, 0.6) is 5.75 Å². The summed E-state index contributed by atoms with van der Waals surface area (Å²) in [6.07, 6.45) is 0.603. The van der Waals surface area contributed by atoms with E-state index in [9.17, 15) is 18.0 Å². The van der Waals surface area contributed by atoms with Crippen molar-refractivity contribution in [2.75, 3.05) is 7.11 Å². The van der Waals surface area contributed by atoms with Crippen LogP contribution in [0.15, 0.2) is 78.3 Å². The van der Waals surface area contributed by atoms with Gasteiger partial charge in [-0.1, -0.05) is 18.2 Å². The third kappa shape index (κ3) is 5.40. The van der Waals surface area contributed by atoms with Crippen LogP contribution in [0.25, 0.3) is 16.6 Å². The minimum Gasteiger partial charge on any atom is -0.497 e.